The number of halogens is 1. The first kappa shape index (κ1) is 8.19. The Morgan fingerprint density at radius 1 is 1.33 bits per heavy atom. The van der Waals surface area contributed by atoms with Crippen molar-refractivity contribution in [2.24, 2.45) is 5.73 Å². The van der Waals surface area contributed by atoms with Crippen molar-refractivity contribution in [3.05, 3.63) is 12.2 Å². The van der Waals surface area contributed by atoms with E-state index < -0.39 is 0 Å². The van der Waals surface area contributed by atoms with E-state index in [1.165, 1.54) is 6.33 Å². The molecule has 0 radical (unpaired) electrons. The number of rotatable bonds is 1. The molecule has 2 N–H and O–H groups in total. The number of hydrogen-bond donors (Lipinski definition) is 1. The molecule has 0 aliphatic rings. The van der Waals surface area contributed by atoms with Crippen molar-refractivity contribution in [2.75, 3.05) is 0 Å². The Labute approximate surface area is 58.1 Å². The van der Waals surface area contributed by atoms with Crippen molar-refractivity contribution in [1.29, 1.82) is 0 Å². The zero-order valence-corrected chi connectivity index (χ0v) is 5.38. The molecular formula is C3H6ClN5. The fraction of sp³-hybridized carbons (Fsp3) is 0.333. The van der Waals surface area contributed by atoms with Crippen LogP contribution in [0.5, 0.6) is 0 Å². The molecule has 5 nitrogen and oxygen atoms in total. The average molecular weight is 148 g/mol. The fourth-order valence-corrected chi connectivity index (χ4v) is 0.310. The van der Waals surface area contributed by atoms with Gasteiger partial charge in [-0.05, 0) is 0 Å². The number of aromatic nitrogens is 4. The molecule has 0 spiro atoms. The van der Waals surface area contributed by atoms with Gasteiger partial charge in [0.1, 0.15) is 0 Å². The lowest BCUT2D eigenvalue weighted by molar-refractivity contribution is 0.756. The molecule has 1 rings (SSSR count). The average Bonchev–Trinajstić information content (AvgIpc) is 1.90. The molecule has 0 bridgehead atoms. The fourth-order valence-electron chi connectivity index (χ4n) is 0.310. The first-order valence-electron chi connectivity index (χ1n) is 2.13. The van der Waals surface area contributed by atoms with Crippen LogP contribution in [0.4, 0.5) is 0 Å². The summed E-state index contributed by atoms with van der Waals surface area (Å²) in [6.07, 6.45) is 1.26. The van der Waals surface area contributed by atoms with E-state index in [4.69, 9.17) is 5.73 Å². The lowest BCUT2D eigenvalue weighted by atomic mass is 10.6. The molecule has 0 amide bonds. The van der Waals surface area contributed by atoms with Crippen molar-refractivity contribution < 1.29 is 0 Å². The molecule has 0 aromatic carbocycles. The number of hydrogen-bond acceptors (Lipinski definition) is 5. The minimum atomic E-state index is 0. The van der Waals surface area contributed by atoms with E-state index in [0.29, 0.717) is 12.4 Å². The summed E-state index contributed by atoms with van der Waals surface area (Å²) in [5.41, 5.74) is 5.14. The largest absolute Gasteiger partial charge is 0.324 e. The lowest BCUT2D eigenvalue weighted by Crippen LogP contribution is -2.04. The summed E-state index contributed by atoms with van der Waals surface area (Å²) in [6.45, 7) is 0.292. The molecule has 0 atom stereocenters. The van der Waals surface area contributed by atoms with Crippen LogP contribution < -0.4 is 5.73 Å². The highest BCUT2D eigenvalue weighted by Crippen LogP contribution is 1.73. The highest BCUT2D eigenvalue weighted by molar-refractivity contribution is 5.85. The smallest absolute Gasteiger partial charge is 0.186 e. The minimum Gasteiger partial charge on any atom is -0.324 e. The first-order chi connectivity index (χ1) is 3.93. The van der Waals surface area contributed by atoms with Gasteiger partial charge in [-0.1, -0.05) is 0 Å². The Balaban J connectivity index is 0.000000640. The summed E-state index contributed by atoms with van der Waals surface area (Å²) in [5.74, 6) is 0.465. The van der Waals surface area contributed by atoms with E-state index in [1.54, 1.807) is 0 Å². The summed E-state index contributed by atoms with van der Waals surface area (Å²) in [7, 11) is 0. The minimum absolute atomic E-state index is 0. The van der Waals surface area contributed by atoms with E-state index in [2.05, 4.69) is 20.4 Å². The molecule has 0 aliphatic carbocycles. The van der Waals surface area contributed by atoms with E-state index in [1.807, 2.05) is 0 Å². The molecule has 6 heteroatoms. The lowest BCUT2D eigenvalue weighted by Gasteiger charge is -1.85. The van der Waals surface area contributed by atoms with Crippen LogP contribution in [-0.4, -0.2) is 20.4 Å². The summed E-state index contributed by atoms with van der Waals surface area (Å²) in [4.78, 5) is 0. The van der Waals surface area contributed by atoms with Crippen LogP contribution in [0.15, 0.2) is 6.33 Å². The third kappa shape index (κ3) is 2.29. The molecule has 0 aliphatic heterocycles. The maximum atomic E-state index is 5.14. The quantitative estimate of drug-likeness (QED) is 0.560. The number of nitrogens with zero attached hydrogens (tertiary/aromatic N) is 4. The van der Waals surface area contributed by atoms with Gasteiger partial charge >= 0.3 is 0 Å². The molecule has 0 unspecified atom stereocenters. The van der Waals surface area contributed by atoms with Crippen molar-refractivity contribution in [3.63, 3.8) is 0 Å². The number of nitrogens with two attached hydrogens (primary N) is 1. The molecule has 1 heterocycles. The maximum absolute atomic E-state index is 5.14. The van der Waals surface area contributed by atoms with Crippen LogP contribution in [0.1, 0.15) is 5.82 Å². The van der Waals surface area contributed by atoms with E-state index >= 15 is 0 Å². The van der Waals surface area contributed by atoms with Crippen molar-refractivity contribution in [1.82, 2.24) is 20.4 Å². The normalized spacial score (nSPS) is 8.11. The van der Waals surface area contributed by atoms with Gasteiger partial charge in [0, 0.05) is 0 Å². The zero-order valence-electron chi connectivity index (χ0n) is 4.56. The molecule has 1 aromatic rings. The molecule has 0 fully saturated rings. The molecule has 0 saturated carbocycles. The van der Waals surface area contributed by atoms with E-state index in [-0.39, 0.29) is 12.4 Å². The molecule has 0 saturated heterocycles. The summed E-state index contributed by atoms with van der Waals surface area (Å²) in [6, 6.07) is 0. The van der Waals surface area contributed by atoms with Crippen LogP contribution in [0.3, 0.4) is 0 Å². The summed E-state index contributed by atoms with van der Waals surface area (Å²) >= 11 is 0. The monoisotopic (exact) mass is 147 g/mol. The Hall–Kier alpha value is -0.810. The van der Waals surface area contributed by atoms with Gasteiger partial charge in [0.15, 0.2) is 12.2 Å². The van der Waals surface area contributed by atoms with Crippen LogP contribution in [0, 0.1) is 0 Å². The maximum Gasteiger partial charge on any atom is 0.186 e. The van der Waals surface area contributed by atoms with Gasteiger partial charge in [0.05, 0.1) is 6.54 Å². The topological polar surface area (TPSA) is 77.6 Å². The molecule has 50 valence electrons. The van der Waals surface area contributed by atoms with Gasteiger partial charge in [0.2, 0.25) is 0 Å². The second-order valence-corrected chi connectivity index (χ2v) is 1.17. The Kier molecular flexibility index (Phi) is 3.74. The third-order valence-electron chi connectivity index (χ3n) is 0.632. The van der Waals surface area contributed by atoms with Gasteiger partial charge < -0.3 is 5.73 Å². The van der Waals surface area contributed by atoms with Gasteiger partial charge in [-0.2, -0.15) is 0 Å². The highest BCUT2D eigenvalue weighted by atomic mass is 35.5. The van der Waals surface area contributed by atoms with Gasteiger partial charge in [-0.25, -0.2) is 0 Å². The SMILES string of the molecule is Cl.NCc1nncnn1. The van der Waals surface area contributed by atoms with Crippen LogP contribution in [-0.2, 0) is 6.54 Å². The van der Waals surface area contributed by atoms with Gasteiger partial charge in [-0.15, -0.1) is 32.8 Å². The van der Waals surface area contributed by atoms with Crippen LogP contribution in [0.2, 0.25) is 0 Å². The van der Waals surface area contributed by atoms with Crippen LogP contribution in [0.25, 0.3) is 0 Å². The van der Waals surface area contributed by atoms with Gasteiger partial charge in [0.25, 0.3) is 0 Å². The second-order valence-electron chi connectivity index (χ2n) is 1.17. The third-order valence-corrected chi connectivity index (χ3v) is 0.632. The highest BCUT2D eigenvalue weighted by Gasteiger charge is 1.86. The Morgan fingerprint density at radius 2 is 1.89 bits per heavy atom. The summed E-state index contributed by atoms with van der Waals surface area (Å²) in [5, 5.41) is 14.0. The van der Waals surface area contributed by atoms with Crippen molar-refractivity contribution in [3.8, 4) is 0 Å². The summed E-state index contributed by atoms with van der Waals surface area (Å²) < 4.78 is 0. The standard InChI is InChI=1S/C3H5N5.ClH/c4-1-3-7-5-2-6-8-3;/h2H,1,4H2;1H. The Bertz CT molecular complexity index is 154. The molecule has 1 aromatic heterocycles. The first-order valence-corrected chi connectivity index (χ1v) is 2.13. The predicted molar refractivity (Wildman–Crippen MR) is 32.8 cm³/mol. The van der Waals surface area contributed by atoms with E-state index in [9.17, 15) is 0 Å². The van der Waals surface area contributed by atoms with Crippen molar-refractivity contribution >= 4 is 12.4 Å². The Morgan fingerprint density at radius 3 is 2.22 bits per heavy atom. The second kappa shape index (κ2) is 4.11. The molecule has 9 heavy (non-hydrogen) atoms. The van der Waals surface area contributed by atoms with Crippen molar-refractivity contribution in [2.45, 2.75) is 6.54 Å². The zero-order chi connectivity index (χ0) is 5.82. The molecular weight excluding hydrogens is 142 g/mol. The predicted octanol–water partition coefficient (Wildman–Crippen LogP) is -0.853. The van der Waals surface area contributed by atoms with Gasteiger partial charge in [-0.3, -0.25) is 0 Å². The van der Waals surface area contributed by atoms with E-state index in [0.717, 1.165) is 0 Å². The van der Waals surface area contributed by atoms with Crippen LogP contribution >= 0.6 is 12.4 Å².